The first-order chi connectivity index (χ1) is 9.43. The maximum atomic E-state index is 11.8. The molecule has 0 fully saturated rings. The number of sulfone groups is 1. The summed E-state index contributed by atoms with van der Waals surface area (Å²) in [6.07, 6.45) is 5.73. The molecule has 1 aliphatic carbocycles. The maximum absolute atomic E-state index is 11.8. The molecule has 1 aromatic rings. The van der Waals surface area contributed by atoms with Crippen LogP contribution in [-0.4, -0.2) is 33.0 Å². The Labute approximate surface area is 122 Å². The zero-order valence-electron chi connectivity index (χ0n) is 12.6. The van der Waals surface area contributed by atoms with E-state index in [1.807, 2.05) is 14.0 Å². The highest BCUT2D eigenvalue weighted by atomic mass is 32.2. The van der Waals surface area contributed by atoms with Gasteiger partial charge in [-0.1, -0.05) is 24.3 Å². The first-order valence-corrected chi connectivity index (χ1v) is 9.33. The summed E-state index contributed by atoms with van der Waals surface area (Å²) in [5.41, 5.74) is 2.85. The fourth-order valence-corrected chi connectivity index (χ4v) is 4.09. The second kappa shape index (κ2) is 6.27. The molecule has 1 N–H and O–H groups in total. The lowest BCUT2D eigenvalue weighted by Crippen LogP contribution is -2.41. The first kappa shape index (κ1) is 15.5. The molecule has 4 heteroatoms. The number of benzene rings is 1. The van der Waals surface area contributed by atoms with Crippen molar-refractivity contribution in [3.8, 4) is 0 Å². The molecule has 0 amide bonds. The maximum Gasteiger partial charge on any atom is 0.151 e. The van der Waals surface area contributed by atoms with E-state index in [1.165, 1.54) is 23.8 Å². The van der Waals surface area contributed by atoms with Crippen molar-refractivity contribution < 1.29 is 8.42 Å². The van der Waals surface area contributed by atoms with Gasteiger partial charge in [-0.25, -0.2) is 8.42 Å². The summed E-state index contributed by atoms with van der Waals surface area (Å²) >= 11 is 0. The van der Waals surface area contributed by atoms with Gasteiger partial charge < -0.3 is 5.32 Å². The Balaban J connectivity index is 2.17. The van der Waals surface area contributed by atoms with Crippen LogP contribution < -0.4 is 5.32 Å². The van der Waals surface area contributed by atoms with Crippen molar-refractivity contribution in [1.82, 2.24) is 5.32 Å². The Kier molecular flexibility index (Phi) is 4.86. The van der Waals surface area contributed by atoms with Crippen molar-refractivity contribution in [2.75, 3.05) is 13.3 Å². The van der Waals surface area contributed by atoms with Crippen LogP contribution in [0.2, 0.25) is 0 Å². The number of hydrogen-bond donors (Lipinski definition) is 1. The molecular formula is C16H25NO2S. The lowest BCUT2D eigenvalue weighted by Gasteiger charge is -2.31. The Morgan fingerprint density at radius 2 is 2.05 bits per heavy atom. The van der Waals surface area contributed by atoms with Crippen molar-refractivity contribution in [1.29, 1.82) is 0 Å². The van der Waals surface area contributed by atoms with E-state index in [1.54, 1.807) is 0 Å². The zero-order chi connectivity index (χ0) is 14.8. The van der Waals surface area contributed by atoms with E-state index in [9.17, 15) is 8.42 Å². The molecule has 0 heterocycles. The minimum atomic E-state index is -3.00. The van der Waals surface area contributed by atoms with Crippen molar-refractivity contribution in [3.63, 3.8) is 0 Å². The Hall–Kier alpha value is -0.870. The smallest absolute Gasteiger partial charge is 0.151 e. The van der Waals surface area contributed by atoms with Gasteiger partial charge >= 0.3 is 0 Å². The Morgan fingerprint density at radius 3 is 2.70 bits per heavy atom. The normalized spacial score (nSPS) is 22.1. The van der Waals surface area contributed by atoms with Gasteiger partial charge in [0.1, 0.15) is 0 Å². The standard InChI is InChI=1S/C16H25NO2S/c1-12(20(3,18)19)16(17-2)11-14-9-6-8-13-7-4-5-10-15(13)14/h4-5,7,10,12,14,16-17H,6,8-9,11H2,1-3H3. The van der Waals surface area contributed by atoms with Crippen LogP contribution in [-0.2, 0) is 16.3 Å². The number of aryl methyl sites for hydroxylation is 1. The van der Waals surface area contributed by atoms with E-state index in [-0.39, 0.29) is 11.3 Å². The van der Waals surface area contributed by atoms with Crippen molar-refractivity contribution in [2.45, 2.75) is 49.8 Å². The van der Waals surface area contributed by atoms with E-state index in [0.717, 1.165) is 19.3 Å². The van der Waals surface area contributed by atoms with Crippen LogP contribution in [0.1, 0.15) is 43.2 Å². The van der Waals surface area contributed by atoms with E-state index >= 15 is 0 Å². The number of fused-ring (bicyclic) bond motifs is 1. The topological polar surface area (TPSA) is 46.2 Å². The molecule has 3 nitrogen and oxygen atoms in total. The fraction of sp³-hybridized carbons (Fsp3) is 0.625. The lowest BCUT2D eigenvalue weighted by atomic mass is 9.79. The molecule has 0 aromatic heterocycles. The fourth-order valence-electron chi connectivity index (χ4n) is 3.25. The summed E-state index contributed by atoms with van der Waals surface area (Å²) in [4.78, 5) is 0. The average Bonchev–Trinajstić information content (AvgIpc) is 2.43. The second-order valence-corrected chi connectivity index (χ2v) is 8.36. The molecule has 112 valence electrons. The highest BCUT2D eigenvalue weighted by Gasteiger charge is 2.29. The Bertz CT molecular complexity index is 553. The minimum absolute atomic E-state index is 0.0150. The molecule has 1 aliphatic rings. The molecule has 0 spiro atoms. The molecule has 0 saturated carbocycles. The molecule has 0 saturated heterocycles. The van der Waals surface area contributed by atoms with Crippen LogP contribution in [0.4, 0.5) is 0 Å². The van der Waals surface area contributed by atoms with Gasteiger partial charge in [0, 0.05) is 12.3 Å². The average molecular weight is 295 g/mol. The molecule has 0 radical (unpaired) electrons. The van der Waals surface area contributed by atoms with Crippen molar-refractivity contribution in [3.05, 3.63) is 35.4 Å². The molecule has 3 unspecified atom stereocenters. The van der Waals surface area contributed by atoms with Gasteiger partial charge in [0.25, 0.3) is 0 Å². The summed E-state index contributed by atoms with van der Waals surface area (Å²) < 4.78 is 23.6. The predicted octanol–water partition coefficient (Wildman–Crippen LogP) is 2.52. The van der Waals surface area contributed by atoms with Crippen molar-refractivity contribution in [2.24, 2.45) is 0 Å². The van der Waals surface area contributed by atoms with E-state index in [4.69, 9.17) is 0 Å². The zero-order valence-corrected chi connectivity index (χ0v) is 13.4. The molecular weight excluding hydrogens is 270 g/mol. The van der Waals surface area contributed by atoms with Gasteiger partial charge in [-0.3, -0.25) is 0 Å². The Morgan fingerprint density at radius 1 is 1.35 bits per heavy atom. The van der Waals surface area contributed by atoms with Gasteiger partial charge in [-0.15, -0.1) is 0 Å². The monoisotopic (exact) mass is 295 g/mol. The first-order valence-electron chi connectivity index (χ1n) is 7.37. The van der Waals surface area contributed by atoms with Crippen LogP contribution >= 0.6 is 0 Å². The number of rotatable bonds is 5. The largest absolute Gasteiger partial charge is 0.316 e. The van der Waals surface area contributed by atoms with E-state index in [0.29, 0.717) is 5.92 Å². The molecule has 0 aliphatic heterocycles. The van der Waals surface area contributed by atoms with Gasteiger partial charge in [0.2, 0.25) is 0 Å². The predicted molar refractivity (Wildman–Crippen MR) is 83.9 cm³/mol. The van der Waals surface area contributed by atoms with Crippen LogP contribution in [0.5, 0.6) is 0 Å². The highest BCUT2D eigenvalue weighted by Crippen LogP contribution is 2.35. The summed E-state index contributed by atoms with van der Waals surface area (Å²) in [5.74, 6) is 0.474. The molecule has 0 bridgehead atoms. The lowest BCUT2D eigenvalue weighted by molar-refractivity contribution is 0.419. The summed E-state index contributed by atoms with van der Waals surface area (Å²) in [6, 6.07) is 8.61. The van der Waals surface area contributed by atoms with Gasteiger partial charge in [-0.05, 0) is 56.7 Å². The third-order valence-electron chi connectivity index (χ3n) is 4.64. The summed E-state index contributed by atoms with van der Waals surface area (Å²) in [7, 11) is -1.14. The van der Waals surface area contributed by atoms with E-state index in [2.05, 4.69) is 29.6 Å². The number of hydrogen-bond acceptors (Lipinski definition) is 3. The van der Waals surface area contributed by atoms with Crippen LogP contribution in [0.25, 0.3) is 0 Å². The van der Waals surface area contributed by atoms with Gasteiger partial charge in [0.15, 0.2) is 9.84 Å². The van der Waals surface area contributed by atoms with Crippen LogP contribution in [0.3, 0.4) is 0 Å². The highest BCUT2D eigenvalue weighted by molar-refractivity contribution is 7.91. The van der Waals surface area contributed by atoms with Gasteiger partial charge in [0.05, 0.1) is 5.25 Å². The van der Waals surface area contributed by atoms with E-state index < -0.39 is 9.84 Å². The molecule has 1 aromatic carbocycles. The SMILES string of the molecule is CNC(CC1CCCc2ccccc21)C(C)S(C)(=O)=O. The third-order valence-corrected chi connectivity index (χ3v) is 6.32. The van der Waals surface area contributed by atoms with Crippen LogP contribution in [0, 0.1) is 0 Å². The molecule has 2 rings (SSSR count). The van der Waals surface area contributed by atoms with Crippen molar-refractivity contribution >= 4 is 9.84 Å². The summed E-state index contributed by atoms with van der Waals surface area (Å²) in [5, 5.41) is 2.86. The van der Waals surface area contributed by atoms with Gasteiger partial charge in [-0.2, -0.15) is 0 Å². The third kappa shape index (κ3) is 3.41. The summed E-state index contributed by atoms with van der Waals surface area (Å²) in [6.45, 7) is 1.81. The second-order valence-electron chi connectivity index (χ2n) is 5.95. The van der Waals surface area contributed by atoms with Crippen LogP contribution in [0.15, 0.2) is 24.3 Å². The number of nitrogens with one attached hydrogen (secondary N) is 1. The minimum Gasteiger partial charge on any atom is -0.316 e. The quantitative estimate of drug-likeness (QED) is 0.908. The molecule has 20 heavy (non-hydrogen) atoms. The molecule has 3 atom stereocenters.